The minimum Gasteiger partial charge on any atom is -0.339 e. The van der Waals surface area contributed by atoms with Crippen molar-refractivity contribution in [3.8, 4) is 0 Å². The maximum absolute atomic E-state index is 12.9. The SMILES string of the molecule is CCN(CC(C)C)C(=O)c1ccc2c(=O)c3c(sc2c1)CC(C)(C)CC3. The quantitative estimate of drug-likeness (QED) is 0.767. The van der Waals surface area contributed by atoms with Gasteiger partial charge in [0, 0.05) is 39.2 Å². The van der Waals surface area contributed by atoms with E-state index < -0.39 is 0 Å². The van der Waals surface area contributed by atoms with E-state index in [0.29, 0.717) is 18.0 Å². The third-order valence-corrected chi connectivity index (χ3v) is 6.46. The molecule has 1 amide bonds. The van der Waals surface area contributed by atoms with Crippen LogP contribution in [0.25, 0.3) is 10.1 Å². The maximum Gasteiger partial charge on any atom is 0.253 e. The van der Waals surface area contributed by atoms with Crippen LogP contribution in [0.15, 0.2) is 23.0 Å². The lowest BCUT2D eigenvalue weighted by molar-refractivity contribution is 0.0746. The summed E-state index contributed by atoms with van der Waals surface area (Å²) in [5.74, 6) is 0.491. The highest BCUT2D eigenvalue weighted by Gasteiger charge is 2.28. The third-order valence-electron chi connectivity index (χ3n) is 5.26. The highest BCUT2D eigenvalue weighted by Crippen LogP contribution is 2.37. The molecule has 0 N–H and O–H groups in total. The van der Waals surface area contributed by atoms with Crippen LogP contribution in [0, 0.1) is 11.3 Å². The first kappa shape index (κ1) is 19.1. The summed E-state index contributed by atoms with van der Waals surface area (Å²) in [6.45, 7) is 12.2. The first-order valence-corrected chi connectivity index (χ1v) is 10.4. The van der Waals surface area contributed by atoms with Crippen LogP contribution in [-0.2, 0) is 12.8 Å². The minimum absolute atomic E-state index is 0.0563. The van der Waals surface area contributed by atoms with Crippen LogP contribution in [0.2, 0.25) is 0 Å². The molecular weight excluding hydrogens is 342 g/mol. The number of nitrogens with zero attached hydrogens (tertiary/aromatic N) is 1. The van der Waals surface area contributed by atoms with E-state index in [1.54, 1.807) is 11.3 Å². The molecule has 0 aliphatic heterocycles. The summed E-state index contributed by atoms with van der Waals surface area (Å²) in [4.78, 5) is 28.9. The summed E-state index contributed by atoms with van der Waals surface area (Å²) in [7, 11) is 0. The van der Waals surface area contributed by atoms with Gasteiger partial charge >= 0.3 is 0 Å². The van der Waals surface area contributed by atoms with Crippen LogP contribution in [0.1, 0.15) is 61.8 Å². The lowest BCUT2D eigenvalue weighted by Crippen LogP contribution is -2.34. The Hall–Kier alpha value is -1.68. The fraction of sp³-hybridized carbons (Fsp3) is 0.545. The predicted molar refractivity (Wildman–Crippen MR) is 110 cm³/mol. The van der Waals surface area contributed by atoms with Crippen molar-refractivity contribution in [2.24, 2.45) is 11.3 Å². The summed E-state index contributed by atoms with van der Waals surface area (Å²) in [5, 5.41) is 0.761. The van der Waals surface area contributed by atoms with E-state index in [9.17, 15) is 9.59 Å². The fourth-order valence-corrected chi connectivity index (χ4v) is 5.27. The Morgan fingerprint density at radius 2 is 2.04 bits per heavy atom. The number of benzene rings is 1. The second-order valence-electron chi connectivity index (χ2n) is 8.62. The summed E-state index contributed by atoms with van der Waals surface area (Å²) in [6.07, 6.45) is 2.88. The Morgan fingerprint density at radius 1 is 1.31 bits per heavy atom. The van der Waals surface area contributed by atoms with Gasteiger partial charge in [-0.05, 0) is 55.7 Å². The Bertz CT molecular complexity index is 895. The maximum atomic E-state index is 12.9. The molecule has 0 spiro atoms. The standard InChI is InChI=1S/C22H29NO2S/c1-6-23(13-14(2)3)21(25)15-7-8-16-18(11-15)26-19-12-22(4,5)10-9-17(19)20(16)24/h7-8,11,14H,6,9-10,12-13H2,1-5H3. The number of fused-ring (bicyclic) bond motifs is 2. The molecule has 0 unspecified atom stereocenters. The summed E-state index contributed by atoms with van der Waals surface area (Å²) < 4.78 is 0.943. The Morgan fingerprint density at radius 3 is 2.69 bits per heavy atom. The second-order valence-corrected chi connectivity index (χ2v) is 9.76. The van der Waals surface area contributed by atoms with Crippen molar-refractivity contribution in [1.82, 2.24) is 4.90 Å². The van der Waals surface area contributed by atoms with E-state index in [-0.39, 0.29) is 16.8 Å². The monoisotopic (exact) mass is 371 g/mol. The van der Waals surface area contributed by atoms with Gasteiger partial charge in [0.05, 0.1) is 0 Å². The van der Waals surface area contributed by atoms with E-state index in [4.69, 9.17) is 0 Å². The number of hydrogen-bond donors (Lipinski definition) is 0. The Kier molecular flexibility index (Phi) is 5.25. The summed E-state index contributed by atoms with van der Waals surface area (Å²) >= 11 is 1.70. The van der Waals surface area contributed by atoms with Gasteiger partial charge < -0.3 is 4.90 Å². The van der Waals surface area contributed by atoms with E-state index >= 15 is 0 Å². The molecule has 0 saturated heterocycles. The van der Waals surface area contributed by atoms with Crippen molar-refractivity contribution in [1.29, 1.82) is 0 Å². The van der Waals surface area contributed by atoms with Crippen LogP contribution in [0.4, 0.5) is 0 Å². The smallest absolute Gasteiger partial charge is 0.253 e. The number of amides is 1. The zero-order valence-electron chi connectivity index (χ0n) is 16.5. The van der Waals surface area contributed by atoms with Crippen LogP contribution in [-0.4, -0.2) is 23.9 Å². The Labute approximate surface area is 160 Å². The van der Waals surface area contributed by atoms with Gasteiger partial charge in [-0.15, -0.1) is 11.3 Å². The average Bonchev–Trinajstić information content (AvgIpc) is 2.57. The molecule has 0 radical (unpaired) electrons. The predicted octanol–water partition coefficient (Wildman–Crippen LogP) is 4.89. The topological polar surface area (TPSA) is 37.4 Å². The molecule has 26 heavy (non-hydrogen) atoms. The normalized spacial score (nSPS) is 15.9. The molecule has 4 heteroatoms. The molecule has 1 aliphatic rings. The van der Waals surface area contributed by atoms with Crippen molar-refractivity contribution in [2.45, 2.75) is 53.9 Å². The van der Waals surface area contributed by atoms with Gasteiger partial charge in [0.1, 0.15) is 0 Å². The molecular formula is C22H29NO2S. The zero-order valence-corrected chi connectivity index (χ0v) is 17.3. The molecule has 0 saturated carbocycles. The van der Waals surface area contributed by atoms with Crippen LogP contribution in [0.3, 0.4) is 0 Å². The molecule has 1 aromatic carbocycles. The largest absolute Gasteiger partial charge is 0.339 e. The van der Waals surface area contributed by atoms with E-state index in [2.05, 4.69) is 27.7 Å². The molecule has 2 aromatic rings. The molecule has 0 fully saturated rings. The number of carbonyl (C=O) groups is 1. The molecule has 0 bridgehead atoms. The minimum atomic E-state index is 0.0563. The van der Waals surface area contributed by atoms with Gasteiger partial charge in [0.25, 0.3) is 5.91 Å². The molecule has 3 nitrogen and oxygen atoms in total. The molecule has 1 aromatic heterocycles. The average molecular weight is 372 g/mol. The number of hydrogen-bond acceptors (Lipinski definition) is 3. The number of carbonyl (C=O) groups excluding carboxylic acids is 1. The van der Waals surface area contributed by atoms with Crippen LogP contribution in [0.5, 0.6) is 0 Å². The van der Waals surface area contributed by atoms with Gasteiger partial charge in [-0.1, -0.05) is 27.7 Å². The van der Waals surface area contributed by atoms with Crippen molar-refractivity contribution in [3.63, 3.8) is 0 Å². The molecule has 0 atom stereocenters. The van der Waals surface area contributed by atoms with Gasteiger partial charge in [0.2, 0.25) is 0 Å². The summed E-state index contributed by atoms with van der Waals surface area (Å²) in [6, 6.07) is 5.60. The Balaban J connectivity index is 2.04. The van der Waals surface area contributed by atoms with E-state index in [1.165, 1.54) is 4.88 Å². The third kappa shape index (κ3) is 3.71. The molecule has 1 heterocycles. The zero-order chi connectivity index (χ0) is 19.1. The first-order valence-electron chi connectivity index (χ1n) is 9.59. The molecule has 140 valence electrons. The van der Waals surface area contributed by atoms with Crippen LogP contribution >= 0.6 is 11.3 Å². The van der Waals surface area contributed by atoms with Crippen molar-refractivity contribution in [3.05, 3.63) is 44.4 Å². The van der Waals surface area contributed by atoms with E-state index in [0.717, 1.165) is 41.5 Å². The van der Waals surface area contributed by atoms with Crippen LogP contribution < -0.4 is 5.43 Å². The number of rotatable bonds is 4. The van der Waals surface area contributed by atoms with Gasteiger partial charge in [-0.2, -0.15) is 0 Å². The lowest BCUT2D eigenvalue weighted by atomic mass is 9.77. The van der Waals surface area contributed by atoms with E-state index in [1.807, 2.05) is 30.0 Å². The highest BCUT2D eigenvalue weighted by molar-refractivity contribution is 7.18. The van der Waals surface area contributed by atoms with Crippen molar-refractivity contribution < 1.29 is 4.79 Å². The van der Waals surface area contributed by atoms with Gasteiger partial charge in [0.15, 0.2) is 5.43 Å². The summed E-state index contributed by atoms with van der Waals surface area (Å²) in [5.41, 5.74) is 2.09. The molecule has 3 rings (SSSR count). The van der Waals surface area contributed by atoms with Gasteiger partial charge in [-0.3, -0.25) is 9.59 Å². The second kappa shape index (κ2) is 7.15. The molecule has 1 aliphatic carbocycles. The van der Waals surface area contributed by atoms with Crippen molar-refractivity contribution >= 4 is 27.3 Å². The first-order chi connectivity index (χ1) is 12.2. The van der Waals surface area contributed by atoms with Crippen molar-refractivity contribution in [2.75, 3.05) is 13.1 Å². The van der Waals surface area contributed by atoms with Gasteiger partial charge in [-0.25, -0.2) is 0 Å². The fourth-order valence-electron chi connectivity index (χ4n) is 3.77. The highest BCUT2D eigenvalue weighted by atomic mass is 32.1. The lowest BCUT2D eigenvalue weighted by Gasteiger charge is -2.30.